The van der Waals surface area contributed by atoms with E-state index < -0.39 is 0 Å². The van der Waals surface area contributed by atoms with Gasteiger partial charge in [0.1, 0.15) is 5.01 Å². The van der Waals surface area contributed by atoms with Crippen molar-refractivity contribution in [1.29, 1.82) is 0 Å². The van der Waals surface area contributed by atoms with E-state index >= 15 is 0 Å². The number of thiazole rings is 1. The molecule has 0 fully saturated rings. The molecular formula is C34H31BN2OS. The summed E-state index contributed by atoms with van der Waals surface area (Å²) in [5.41, 5.74) is 14.1. The first-order valence-electron chi connectivity index (χ1n) is 13.4. The minimum atomic E-state index is -0.0418. The Kier molecular flexibility index (Phi) is 6.48. The van der Waals surface area contributed by atoms with Gasteiger partial charge in [0.25, 0.3) is 6.71 Å². The van der Waals surface area contributed by atoms with Crippen molar-refractivity contribution in [1.82, 2.24) is 9.97 Å². The maximum Gasteiger partial charge on any atom is 0.291 e. The van der Waals surface area contributed by atoms with E-state index in [9.17, 15) is 0 Å². The fourth-order valence-corrected chi connectivity index (χ4v) is 7.02. The number of para-hydroxylation sites is 1. The normalized spacial score (nSPS) is 11.3. The van der Waals surface area contributed by atoms with Gasteiger partial charge in [0.2, 0.25) is 5.89 Å². The summed E-state index contributed by atoms with van der Waals surface area (Å²) in [6.45, 7) is 13.1. The van der Waals surface area contributed by atoms with Gasteiger partial charge in [0.15, 0.2) is 0 Å². The van der Waals surface area contributed by atoms with Crippen LogP contribution in [0.1, 0.15) is 33.4 Å². The molecule has 0 atom stereocenters. The monoisotopic (exact) mass is 526 g/mol. The molecule has 0 spiro atoms. The first-order chi connectivity index (χ1) is 18.8. The number of rotatable bonds is 5. The van der Waals surface area contributed by atoms with Crippen LogP contribution < -0.4 is 16.6 Å². The van der Waals surface area contributed by atoms with Gasteiger partial charge in [-0.3, -0.25) is 0 Å². The molecule has 2 aromatic heterocycles. The number of hydrogen-bond donors (Lipinski definition) is 0. The van der Waals surface area contributed by atoms with Gasteiger partial charge < -0.3 is 4.42 Å². The lowest BCUT2D eigenvalue weighted by atomic mass is 9.36. The molecule has 0 saturated heterocycles. The van der Waals surface area contributed by atoms with Gasteiger partial charge in [-0.05, 0) is 65.8 Å². The van der Waals surface area contributed by atoms with E-state index in [1.165, 1.54) is 49.0 Å². The number of aryl methyl sites for hydroxylation is 6. The third-order valence-corrected chi connectivity index (χ3v) is 8.60. The Morgan fingerprint density at radius 2 is 1.26 bits per heavy atom. The predicted octanol–water partition coefficient (Wildman–Crippen LogP) is 6.99. The van der Waals surface area contributed by atoms with Gasteiger partial charge in [0, 0.05) is 11.1 Å². The largest absolute Gasteiger partial charge is 0.451 e. The minimum Gasteiger partial charge on any atom is -0.451 e. The molecule has 0 saturated carbocycles. The summed E-state index contributed by atoms with van der Waals surface area (Å²) in [6.07, 6.45) is 1.92. The number of oxazole rings is 1. The molecule has 0 aliphatic carbocycles. The van der Waals surface area contributed by atoms with Crippen molar-refractivity contribution in [2.75, 3.05) is 0 Å². The van der Waals surface area contributed by atoms with Gasteiger partial charge in [-0.1, -0.05) is 92.8 Å². The lowest BCUT2D eigenvalue weighted by Crippen LogP contribution is -2.55. The minimum absolute atomic E-state index is 0.0418. The number of aromatic nitrogens is 2. The summed E-state index contributed by atoms with van der Waals surface area (Å²) >= 11 is 1.71. The Labute approximate surface area is 234 Å². The van der Waals surface area contributed by atoms with E-state index in [1.807, 2.05) is 12.3 Å². The molecule has 0 unspecified atom stereocenters. The van der Waals surface area contributed by atoms with E-state index in [2.05, 4.69) is 108 Å². The summed E-state index contributed by atoms with van der Waals surface area (Å²) in [4.78, 5) is 9.66. The van der Waals surface area contributed by atoms with Crippen LogP contribution in [0, 0.1) is 41.5 Å². The first kappa shape index (κ1) is 25.3. The maximum absolute atomic E-state index is 6.64. The van der Waals surface area contributed by atoms with Crippen molar-refractivity contribution >= 4 is 44.9 Å². The topological polar surface area (TPSA) is 38.9 Å². The van der Waals surface area contributed by atoms with E-state index in [-0.39, 0.29) is 6.71 Å². The number of nitrogens with zero attached hydrogens (tertiary/aromatic N) is 2. The van der Waals surface area contributed by atoms with Gasteiger partial charge in [-0.2, -0.15) is 0 Å². The molecule has 0 amide bonds. The third kappa shape index (κ3) is 4.72. The Morgan fingerprint density at radius 1 is 0.667 bits per heavy atom. The van der Waals surface area contributed by atoms with Crippen LogP contribution in [0.25, 0.3) is 32.2 Å². The highest BCUT2D eigenvalue weighted by Gasteiger charge is 2.32. The molecule has 39 heavy (non-hydrogen) atoms. The van der Waals surface area contributed by atoms with E-state index in [0.29, 0.717) is 5.89 Å². The highest BCUT2D eigenvalue weighted by atomic mass is 32.1. The zero-order valence-electron chi connectivity index (χ0n) is 23.3. The second-order valence-electron chi connectivity index (χ2n) is 10.7. The lowest BCUT2D eigenvalue weighted by molar-refractivity contribution is 0.606. The molecule has 4 aromatic carbocycles. The molecule has 0 N–H and O–H groups in total. The summed E-state index contributed by atoms with van der Waals surface area (Å²) in [7, 11) is 0. The first-order valence-corrected chi connectivity index (χ1v) is 14.2. The van der Waals surface area contributed by atoms with Gasteiger partial charge in [0.05, 0.1) is 22.1 Å². The van der Waals surface area contributed by atoms with Crippen molar-refractivity contribution in [2.45, 2.75) is 41.5 Å². The summed E-state index contributed by atoms with van der Waals surface area (Å²) in [6, 6.07) is 25.7. The van der Waals surface area contributed by atoms with Crippen LogP contribution in [0.4, 0.5) is 0 Å². The highest BCUT2D eigenvalue weighted by Crippen LogP contribution is 2.32. The van der Waals surface area contributed by atoms with E-state index in [0.717, 1.165) is 27.3 Å². The van der Waals surface area contributed by atoms with Crippen molar-refractivity contribution in [3.05, 3.63) is 112 Å². The van der Waals surface area contributed by atoms with Crippen LogP contribution in [-0.4, -0.2) is 16.7 Å². The molecule has 6 rings (SSSR count). The average molecular weight is 527 g/mol. The smallest absolute Gasteiger partial charge is 0.291 e. The molecular weight excluding hydrogens is 495 g/mol. The van der Waals surface area contributed by atoms with E-state index in [1.54, 1.807) is 11.3 Å². The van der Waals surface area contributed by atoms with Crippen molar-refractivity contribution in [3.63, 3.8) is 0 Å². The second-order valence-corrected chi connectivity index (χ2v) is 11.7. The zero-order valence-corrected chi connectivity index (χ0v) is 24.1. The molecule has 0 radical (unpaired) electrons. The highest BCUT2D eigenvalue weighted by molar-refractivity contribution is 7.21. The van der Waals surface area contributed by atoms with Crippen LogP contribution in [0.5, 0.6) is 0 Å². The van der Waals surface area contributed by atoms with Gasteiger partial charge in [-0.15, -0.1) is 11.3 Å². The molecule has 192 valence electrons. The number of fused-ring (bicyclic) bond motifs is 1. The molecule has 2 heterocycles. The van der Waals surface area contributed by atoms with E-state index in [4.69, 9.17) is 14.4 Å². The summed E-state index contributed by atoms with van der Waals surface area (Å²) < 4.78 is 7.83. The van der Waals surface area contributed by atoms with Gasteiger partial charge in [-0.25, -0.2) is 9.97 Å². The Morgan fingerprint density at radius 3 is 1.87 bits per heavy atom. The average Bonchev–Trinajstić information content (AvgIpc) is 3.54. The van der Waals surface area contributed by atoms with Gasteiger partial charge >= 0.3 is 0 Å². The molecule has 0 bridgehead atoms. The zero-order chi connectivity index (χ0) is 27.3. The van der Waals surface area contributed by atoms with Crippen LogP contribution >= 0.6 is 11.3 Å². The quantitative estimate of drug-likeness (QED) is 0.228. The Bertz CT molecular complexity index is 1710. The standard InChI is InChI=1S/C34H31BN2OS/c1-20-14-22(3)31(23(4)15-20)35(32-24(5)16-21(2)17-25(32)6)30-19-36-33(38-30)26-10-9-11-27(18-26)34-37-28-12-7-8-13-29(28)39-34/h7-19H,1-6H3. The number of hydrogen-bond acceptors (Lipinski definition) is 4. The second kappa shape index (κ2) is 9.98. The lowest BCUT2D eigenvalue weighted by Gasteiger charge is -2.22. The molecule has 6 aromatic rings. The molecule has 3 nitrogen and oxygen atoms in total. The number of benzene rings is 4. The third-order valence-electron chi connectivity index (χ3n) is 7.51. The maximum atomic E-state index is 6.64. The Balaban J connectivity index is 1.47. The summed E-state index contributed by atoms with van der Waals surface area (Å²) in [5.74, 6) is 0.628. The predicted molar refractivity (Wildman–Crippen MR) is 167 cm³/mol. The van der Waals surface area contributed by atoms with Crippen molar-refractivity contribution < 1.29 is 4.42 Å². The fourth-order valence-electron chi connectivity index (χ4n) is 6.06. The molecule has 0 aliphatic heterocycles. The Hall–Kier alpha value is -3.96. The SMILES string of the molecule is Cc1cc(C)c(B(c2cnc(-c3cccc(-c4nc5ccccc5s4)c3)o2)c2c(C)cc(C)cc2C)c(C)c1. The van der Waals surface area contributed by atoms with Crippen LogP contribution in [0.15, 0.2) is 83.4 Å². The molecule has 5 heteroatoms. The van der Waals surface area contributed by atoms with Crippen LogP contribution in [0.3, 0.4) is 0 Å². The van der Waals surface area contributed by atoms with Crippen molar-refractivity contribution in [3.8, 4) is 22.0 Å². The van der Waals surface area contributed by atoms with Crippen molar-refractivity contribution in [2.24, 2.45) is 0 Å². The van der Waals surface area contributed by atoms with Crippen LogP contribution in [-0.2, 0) is 0 Å². The molecule has 0 aliphatic rings. The fraction of sp³-hybridized carbons (Fsp3) is 0.176. The summed E-state index contributed by atoms with van der Waals surface area (Å²) in [5, 5.41) is 1.000. The van der Waals surface area contributed by atoms with Crippen LogP contribution in [0.2, 0.25) is 0 Å².